The summed E-state index contributed by atoms with van der Waals surface area (Å²) in [7, 11) is -0.750. The van der Waals surface area contributed by atoms with Crippen molar-refractivity contribution in [1.82, 2.24) is 0 Å². The van der Waals surface area contributed by atoms with E-state index >= 15 is 0 Å². The SMILES string of the molecule is O.OBO.S.[NaH]. The summed E-state index contributed by atoms with van der Waals surface area (Å²) in [5, 5.41) is 14.2. The van der Waals surface area contributed by atoms with Crippen LogP contribution in [-0.2, 0) is 0 Å². The molecular weight excluding hydrogens is 114 g/mol. The molecule has 0 aromatic heterocycles. The van der Waals surface area contributed by atoms with Crippen LogP contribution in [0.1, 0.15) is 0 Å². The Bertz CT molecular complexity index is 10.8. The van der Waals surface area contributed by atoms with Gasteiger partial charge in [0, 0.05) is 0 Å². The van der Waals surface area contributed by atoms with Crippen molar-refractivity contribution in [1.29, 1.82) is 0 Å². The van der Waals surface area contributed by atoms with Gasteiger partial charge in [-0.1, -0.05) is 0 Å². The van der Waals surface area contributed by atoms with Gasteiger partial charge in [-0.15, -0.1) is 0 Å². The molecule has 0 unspecified atom stereocenters. The first-order chi connectivity index (χ1) is 1.41. The second-order valence-electron chi connectivity index (χ2n) is 0.141. The van der Waals surface area contributed by atoms with Crippen molar-refractivity contribution >= 4 is 50.7 Å². The minimum atomic E-state index is -0.750. The van der Waals surface area contributed by atoms with Crippen LogP contribution in [0.25, 0.3) is 0 Å². The van der Waals surface area contributed by atoms with E-state index in [1.54, 1.807) is 0 Å². The van der Waals surface area contributed by atoms with Crippen LogP contribution in [0.15, 0.2) is 0 Å². The molecule has 3 nitrogen and oxygen atoms in total. The fourth-order valence-corrected chi connectivity index (χ4v) is 0. The van der Waals surface area contributed by atoms with Crippen molar-refractivity contribution in [3.8, 4) is 0 Å². The molecule has 6 heteroatoms. The first-order valence-electron chi connectivity index (χ1n) is 0.632. The number of rotatable bonds is 0. The Labute approximate surface area is 66.1 Å². The van der Waals surface area contributed by atoms with Gasteiger partial charge in [0.05, 0.1) is 0 Å². The van der Waals surface area contributed by atoms with Gasteiger partial charge in [0.15, 0.2) is 0 Å². The van der Waals surface area contributed by atoms with Gasteiger partial charge in [-0.05, 0) is 0 Å². The van der Waals surface area contributed by atoms with Crippen molar-refractivity contribution in [2.75, 3.05) is 0 Å². The number of hydrogen-bond acceptors (Lipinski definition) is 2. The van der Waals surface area contributed by atoms with Crippen LogP contribution in [-0.4, -0.2) is 52.8 Å². The molecule has 6 heavy (non-hydrogen) atoms. The molecule has 0 fully saturated rings. The average molecular weight is 122 g/mol. The van der Waals surface area contributed by atoms with Crippen molar-refractivity contribution < 1.29 is 15.5 Å². The van der Waals surface area contributed by atoms with Crippen LogP contribution in [0.4, 0.5) is 0 Å². The molecule has 0 bridgehead atoms. The monoisotopic (exact) mass is 122 g/mol. The van der Waals surface area contributed by atoms with Gasteiger partial charge in [-0.3, -0.25) is 0 Å². The summed E-state index contributed by atoms with van der Waals surface area (Å²) >= 11 is 0. The first kappa shape index (κ1) is 26.6. The van der Waals surface area contributed by atoms with Gasteiger partial charge in [0.25, 0.3) is 0 Å². The molecule has 0 heterocycles. The predicted molar refractivity (Wildman–Crippen MR) is 32.7 cm³/mol. The van der Waals surface area contributed by atoms with E-state index in [0.717, 1.165) is 0 Å². The summed E-state index contributed by atoms with van der Waals surface area (Å²) in [6.07, 6.45) is 0. The van der Waals surface area contributed by atoms with Gasteiger partial charge >= 0.3 is 37.2 Å². The molecule has 0 saturated carbocycles. The molecule has 0 aliphatic heterocycles. The van der Waals surface area contributed by atoms with E-state index < -0.39 is 7.69 Å². The van der Waals surface area contributed by atoms with E-state index in [2.05, 4.69) is 0 Å². The Morgan fingerprint density at radius 2 is 1.17 bits per heavy atom. The molecule has 0 aromatic rings. The van der Waals surface area contributed by atoms with Crippen LogP contribution in [0, 0.1) is 0 Å². The summed E-state index contributed by atoms with van der Waals surface area (Å²) in [5.41, 5.74) is 0. The third-order valence-corrected chi connectivity index (χ3v) is 0. The Balaban J connectivity index is -0.00000000667. The maximum absolute atomic E-state index is 7.12. The fraction of sp³-hybridized carbons (Fsp3) is 0. The van der Waals surface area contributed by atoms with Crippen LogP contribution in [0.2, 0.25) is 0 Å². The zero-order valence-corrected chi connectivity index (χ0v) is 3.60. The Morgan fingerprint density at radius 3 is 1.17 bits per heavy atom. The van der Waals surface area contributed by atoms with E-state index in [-0.39, 0.29) is 48.5 Å². The van der Waals surface area contributed by atoms with Gasteiger partial charge in [-0.2, -0.15) is 13.5 Å². The van der Waals surface area contributed by atoms with Crippen molar-refractivity contribution in [2.45, 2.75) is 0 Å². The van der Waals surface area contributed by atoms with E-state index in [1.807, 2.05) is 0 Å². The molecule has 36 valence electrons. The third-order valence-electron chi connectivity index (χ3n) is 0. The van der Waals surface area contributed by atoms with Gasteiger partial charge in [0.2, 0.25) is 0 Å². The second-order valence-corrected chi connectivity index (χ2v) is 0.141. The third kappa shape index (κ3) is 58.2. The normalized spacial score (nSPS) is 2.33. The second kappa shape index (κ2) is 33.5. The van der Waals surface area contributed by atoms with Gasteiger partial charge in [0.1, 0.15) is 0 Å². The summed E-state index contributed by atoms with van der Waals surface area (Å²) < 4.78 is 0. The van der Waals surface area contributed by atoms with Crippen molar-refractivity contribution in [3.63, 3.8) is 0 Å². The molecule has 0 rings (SSSR count). The van der Waals surface area contributed by atoms with Crippen molar-refractivity contribution in [3.05, 3.63) is 0 Å². The average Bonchev–Trinajstić information content (AvgIpc) is 0.918. The maximum atomic E-state index is 7.12. The van der Waals surface area contributed by atoms with Crippen molar-refractivity contribution in [2.24, 2.45) is 0 Å². The first-order valence-corrected chi connectivity index (χ1v) is 0.632. The Hall–Kier alpha value is 1.29. The Morgan fingerprint density at radius 1 is 1.17 bits per heavy atom. The molecule has 4 N–H and O–H groups in total. The number of hydrogen-bond donors (Lipinski definition) is 2. The summed E-state index contributed by atoms with van der Waals surface area (Å²) in [6.45, 7) is 0. The van der Waals surface area contributed by atoms with Gasteiger partial charge in [-0.25, -0.2) is 0 Å². The molecule has 0 aliphatic rings. The molecule has 0 saturated heterocycles. The fourth-order valence-electron chi connectivity index (χ4n) is 0. The topological polar surface area (TPSA) is 72.0 Å². The Kier molecular flexibility index (Phi) is 149. The van der Waals surface area contributed by atoms with Gasteiger partial charge < -0.3 is 15.5 Å². The quantitative estimate of drug-likeness (QED) is 0.333. The zero-order chi connectivity index (χ0) is 2.71. The van der Waals surface area contributed by atoms with E-state index in [1.165, 1.54) is 0 Å². The predicted octanol–water partition coefficient (Wildman–Crippen LogP) is -3.12. The molecule has 0 aromatic carbocycles. The van der Waals surface area contributed by atoms with Crippen LogP contribution >= 0.6 is 13.5 Å². The zero-order valence-electron chi connectivity index (χ0n) is 2.60. The summed E-state index contributed by atoms with van der Waals surface area (Å²) in [6, 6.07) is 0. The van der Waals surface area contributed by atoms with E-state index in [4.69, 9.17) is 10.0 Å². The molecule has 0 spiro atoms. The van der Waals surface area contributed by atoms with Crippen LogP contribution in [0.3, 0.4) is 0 Å². The van der Waals surface area contributed by atoms with Crippen LogP contribution < -0.4 is 0 Å². The molecule has 0 aliphatic carbocycles. The molecule has 0 amide bonds. The molecular formula is H8BNaO3S. The molecule has 0 radical (unpaired) electrons. The van der Waals surface area contributed by atoms with E-state index in [0.29, 0.717) is 0 Å². The summed E-state index contributed by atoms with van der Waals surface area (Å²) in [5.74, 6) is 0. The standard InChI is InChI=1S/BH3O2.Na.H2O.H2S.H/c2-1-3;;;;/h1-3H;;2*1H2;. The minimum absolute atomic E-state index is 0. The summed E-state index contributed by atoms with van der Waals surface area (Å²) in [4.78, 5) is 0. The van der Waals surface area contributed by atoms with Crippen LogP contribution in [0.5, 0.6) is 0 Å². The van der Waals surface area contributed by atoms with E-state index in [9.17, 15) is 0 Å². The molecule has 0 atom stereocenters.